The number of aryl methyl sites for hydroxylation is 1. The number of halogens is 2. The number of alkyl halides is 2. The van der Waals surface area contributed by atoms with Crippen LogP contribution in [-0.2, 0) is 7.05 Å². The average molecular weight is 286 g/mol. The first-order valence-electron chi connectivity index (χ1n) is 5.50. The minimum atomic E-state index is -2.80. The minimum Gasteiger partial charge on any atom is -0.435 e. The number of tetrazole rings is 1. The van der Waals surface area contributed by atoms with E-state index >= 15 is 0 Å². The van der Waals surface area contributed by atoms with Gasteiger partial charge in [-0.1, -0.05) is 23.9 Å². The van der Waals surface area contributed by atoms with Crippen LogP contribution in [0.25, 0.3) is 0 Å². The van der Waals surface area contributed by atoms with Gasteiger partial charge in [0.2, 0.25) is 5.16 Å². The second-order valence-corrected chi connectivity index (χ2v) is 5.10. The van der Waals surface area contributed by atoms with Gasteiger partial charge < -0.3 is 4.74 Å². The molecule has 0 saturated carbocycles. The number of aromatic nitrogens is 4. The van der Waals surface area contributed by atoms with E-state index in [0.29, 0.717) is 5.16 Å². The molecular formula is C11H12F2N4OS. The summed E-state index contributed by atoms with van der Waals surface area (Å²) in [5.41, 5.74) is 0.981. The molecule has 0 aliphatic rings. The number of thioether (sulfide) groups is 1. The third-order valence-electron chi connectivity index (χ3n) is 2.44. The summed E-state index contributed by atoms with van der Waals surface area (Å²) in [5, 5.41) is 12.0. The zero-order valence-corrected chi connectivity index (χ0v) is 11.1. The molecular weight excluding hydrogens is 274 g/mol. The lowest BCUT2D eigenvalue weighted by molar-refractivity contribution is -0.0498. The molecule has 0 fully saturated rings. The van der Waals surface area contributed by atoms with Crippen LogP contribution in [0.2, 0.25) is 0 Å². The molecule has 1 aromatic carbocycles. The topological polar surface area (TPSA) is 52.8 Å². The van der Waals surface area contributed by atoms with Crippen LogP contribution >= 0.6 is 11.8 Å². The van der Waals surface area contributed by atoms with E-state index in [1.165, 1.54) is 23.9 Å². The number of nitrogens with zero attached hydrogens (tertiary/aromatic N) is 4. The van der Waals surface area contributed by atoms with Crippen molar-refractivity contribution in [1.29, 1.82) is 0 Å². The van der Waals surface area contributed by atoms with Crippen molar-refractivity contribution in [3.05, 3.63) is 29.8 Å². The number of hydrogen-bond donors (Lipinski definition) is 0. The van der Waals surface area contributed by atoms with Crippen LogP contribution in [-0.4, -0.2) is 26.8 Å². The number of rotatable bonds is 5. The minimum absolute atomic E-state index is 0.102. The Morgan fingerprint density at radius 2 is 1.95 bits per heavy atom. The Labute approximate surface area is 112 Å². The van der Waals surface area contributed by atoms with Gasteiger partial charge in [0.1, 0.15) is 5.75 Å². The molecule has 2 rings (SSSR count). The summed E-state index contributed by atoms with van der Waals surface area (Å²) in [6.07, 6.45) is 0. The SMILES string of the molecule is CC(Sc1nnnn1C)c1ccc(OC(F)F)cc1. The summed E-state index contributed by atoms with van der Waals surface area (Å²) in [7, 11) is 1.76. The molecule has 1 aromatic heterocycles. The van der Waals surface area contributed by atoms with Gasteiger partial charge in [-0.25, -0.2) is 4.68 Å². The van der Waals surface area contributed by atoms with Crippen molar-refractivity contribution in [2.45, 2.75) is 23.9 Å². The lowest BCUT2D eigenvalue weighted by Crippen LogP contribution is -2.02. The fourth-order valence-corrected chi connectivity index (χ4v) is 2.35. The van der Waals surface area contributed by atoms with Gasteiger partial charge >= 0.3 is 6.61 Å². The highest BCUT2D eigenvalue weighted by molar-refractivity contribution is 7.99. The monoisotopic (exact) mass is 286 g/mol. The number of hydrogen-bond acceptors (Lipinski definition) is 5. The second kappa shape index (κ2) is 5.96. The van der Waals surface area contributed by atoms with Crippen molar-refractivity contribution in [2.75, 3.05) is 0 Å². The molecule has 0 bridgehead atoms. The van der Waals surface area contributed by atoms with Gasteiger partial charge in [0.25, 0.3) is 0 Å². The summed E-state index contributed by atoms with van der Waals surface area (Å²) in [6.45, 7) is -0.815. The summed E-state index contributed by atoms with van der Waals surface area (Å²) >= 11 is 1.49. The normalized spacial score (nSPS) is 12.7. The van der Waals surface area contributed by atoms with Crippen LogP contribution in [0.1, 0.15) is 17.7 Å². The first-order chi connectivity index (χ1) is 9.06. The maximum Gasteiger partial charge on any atom is 0.387 e. The molecule has 2 aromatic rings. The molecule has 0 radical (unpaired) electrons. The van der Waals surface area contributed by atoms with E-state index in [0.717, 1.165) is 5.56 Å². The maximum absolute atomic E-state index is 12.0. The first kappa shape index (κ1) is 13.7. The Hall–Kier alpha value is -1.70. The summed E-state index contributed by atoms with van der Waals surface area (Å²) < 4.78 is 29.9. The molecule has 0 N–H and O–H groups in total. The van der Waals surface area contributed by atoms with Gasteiger partial charge in [0.15, 0.2) is 0 Å². The van der Waals surface area contributed by atoms with E-state index in [2.05, 4.69) is 20.3 Å². The highest BCUT2D eigenvalue weighted by Gasteiger charge is 2.12. The largest absolute Gasteiger partial charge is 0.435 e. The molecule has 0 saturated heterocycles. The van der Waals surface area contributed by atoms with E-state index in [-0.39, 0.29) is 11.0 Å². The van der Waals surface area contributed by atoms with Crippen molar-refractivity contribution in [1.82, 2.24) is 20.2 Å². The van der Waals surface area contributed by atoms with Gasteiger partial charge in [0, 0.05) is 12.3 Å². The van der Waals surface area contributed by atoms with Crippen molar-refractivity contribution in [3.8, 4) is 5.75 Å². The van der Waals surface area contributed by atoms with E-state index in [4.69, 9.17) is 0 Å². The van der Waals surface area contributed by atoms with Gasteiger partial charge in [0.05, 0.1) is 0 Å². The van der Waals surface area contributed by atoms with E-state index in [1.54, 1.807) is 23.9 Å². The smallest absolute Gasteiger partial charge is 0.387 e. The third kappa shape index (κ3) is 3.63. The quantitative estimate of drug-likeness (QED) is 0.791. The standard InChI is InChI=1S/C11H12F2N4OS/c1-7(19-11-14-15-16-17(11)2)8-3-5-9(6-4-8)18-10(12)13/h3-7,10H,1-2H3. The van der Waals surface area contributed by atoms with E-state index in [1.807, 2.05) is 6.92 Å². The predicted octanol–water partition coefficient (Wildman–Crippen LogP) is 2.66. The van der Waals surface area contributed by atoms with Crippen LogP contribution in [0.15, 0.2) is 29.4 Å². The van der Waals surface area contributed by atoms with Crippen molar-refractivity contribution in [2.24, 2.45) is 7.05 Å². The lowest BCUT2D eigenvalue weighted by Gasteiger charge is -2.11. The van der Waals surface area contributed by atoms with Crippen LogP contribution < -0.4 is 4.74 Å². The van der Waals surface area contributed by atoms with E-state index < -0.39 is 6.61 Å². The summed E-state index contributed by atoms with van der Waals surface area (Å²) in [5.74, 6) is 0.149. The van der Waals surface area contributed by atoms with Crippen molar-refractivity contribution >= 4 is 11.8 Å². The Morgan fingerprint density at radius 1 is 1.26 bits per heavy atom. The maximum atomic E-state index is 12.0. The lowest BCUT2D eigenvalue weighted by atomic mass is 10.2. The van der Waals surface area contributed by atoms with Crippen LogP contribution in [0.4, 0.5) is 8.78 Å². The Morgan fingerprint density at radius 3 is 2.47 bits per heavy atom. The Bertz CT molecular complexity index is 532. The molecule has 19 heavy (non-hydrogen) atoms. The molecule has 0 spiro atoms. The summed E-state index contributed by atoms with van der Waals surface area (Å²) in [6, 6.07) is 6.54. The molecule has 1 unspecified atom stereocenters. The predicted molar refractivity (Wildman–Crippen MR) is 66.1 cm³/mol. The fraction of sp³-hybridized carbons (Fsp3) is 0.364. The summed E-state index contributed by atoms with van der Waals surface area (Å²) in [4.78, 5) is 0. The highest BCUT2D eigenvalue weighted by atomic mass is 32.2. The number of ether oxygens (including phenoxy) is 1. The van der Waals surface area contributed by atoms with Gasteiger partial charge in [-0.3, -0.25) is 0 Å². The van der Waals surface area contributed by atoms with Crippen molar-refractivity contribution < 1.29 is 13.5 Å². The fourth-order valence-electron chi connectivity index (χ4n) is 1.47. The molecule has 5 nitrogen and oxygen atoms in total. The zero-order chi connectivity index (χ0) is 13.8. The Balaban J connectivity index is 2.03. The average Bonchev–Trinajstić information content (AvgIpc) is 2.75. The van der Waals surface area contributed by atoms with Gasteiger partial charge in [-0.15, -0.1) is 5.10 Å². The number of benzene rings is 1. The first-order valence-corrected chi connectivity index (χ1v) is 6.38. The second-order valence-electron chi connectivity index (χ2n) is 3.79. The third-order valence-corrected chi connectivity index (χ3v) is 3.62. The van der Waals surface area contributed by atoms with Crippen molar-refractivity contribution in [3.63, 3.8) is 0 Å². The highest BCUT2D eigenvalue weighted by Crippen LogP contribution is 2.33. The van der Waals surface area contributed by atoms with Crippen LogP contribution in [0.3, 0.4) is 0 Å². The Kier molecular flexibility index (Phi) is 4.31. The van der Waals surface area contributed by atoms with Crippen LogP contribution in [0, 0.1) is 0 Å². The molecule has 0 amide bonds. The zero-order valence-electron chi connectivity index (χ0n) is 10.3. The van der Waals surface area contributed by atoms with E-state index in [9.17, 15) is 8.78 Å². The molecule has 1 heterocycles. The molecule has 0 aliphatic carbocycles. The molecule has 1 atom stereocenters. The van der Waals surface area contributed by atoms with Gasteiger partial charge in [-0.05, 0) is 35.0 Å². The molecule has 102 valence electrons. The van der Waals surface area contributed by atoms with Crippen LogP contribution in [0.5, 0.6) is 5.75 Å². The molecule has 0 aliphatic heterocycles. The van der Waals surface area contributed by atoms with Gasteiger partial charge in [-0.2, -0.15) is 8.78 Å². The molecule has 8 heteroatoms.